The summed E-state index contributed by atoms with van der Waals surface area (Å²) < 4.78 is 5.50. The Labute approximate surface area is 132 Å². The molecule has 1 fully saturated rings. The Bertz CT molecular complexity index is 627. The highest BCUT2D eigenvalue weighted by Gasteiger charge is 2.40. The van der Waals surface area contributed by atoms with Crippen molar-refractivity contribution in [2.75, 3.05) is 26.7 Å². The standard InChI is InChI=1S/C19H24N2O/c1-20-13-16-5-2-3-7-18(16)19(15-20)8-10-21(11-9-19)14-17-6-4-12-22-17/h2-7,12H,8-11,13-15H2,1H3. The van der Waals surface area contributed by atoms with Crippen LogP contribution < -0.4 is 0 Å². The first-order valence-corrected chi connectivity index (χ1v) is 8.27. The van der Waals surface area contributed by atoms with Crippen LogP contribution in [0.2, 0.25) is 0 Å². The molecule has 1 saturated heterocycles. The molecule has 2 aromatic rings. The number of rotatable bonds is 2. The van der Waals surface area contributed by atoms with Crippen molar-refractivity contribution in [3.05, 3.63) is 59.5 Å². The molecule has 0 radical (unpaired) electrons. The lowest BCUT2D eigenvalue weighted by atomic mass is 9.69. The number of hydrogen-bond donors (Lipinski definition) is 0. The van der Waals surface area contributed by atoms with E-state index < -0.39 is 0 Å². The molecule has 1 spiro atoms. The van der Waals surface area contributed by atoms with Gasteiger partial charge in [-0.3, -0.25) is 4.90 Å². The zero-order chi connectivity index (χ0) is 15.0. The van der Waals surface area contributed by atoms with E-state index in [0.717, 1.165) is 31.9 Å². The van der Waals surface area contributed by atoms with Crippen molar-refractivity contribution < 1.29 is 4.42 Å². The molecule has 0 atom stereocenters. The third kappa shape index (κ3) is 2.49. The van der Waals surface area contributed by atoms with Gasteiger partial charge in [0, 0.05) is 18.5 Å². The molecule has 0 N–H and O–H groups in total. The highest BCUT2D eigenvalue weighted by molar-refractivity contribution is 5.37. The summed E-state index contributed by atoms with van der Waals surface area (Å²) in [5.41, 5.74) is 3.48. The average Bonchev–Trinajstić information content (AvgIpc) is 3.03. The summed E-state index contributed by atoms with van der Waals surface area (Å²) in [6, 6.07) is 13.1. The lowest BCUT2D eigenvalue weighted by Crippen LogP contribution is -2.50. The number of nitrogens with zero attached hydrogens (tertiary/aromatic N) is 2. The molecule has 0 aliphatic carbocycles. The van der Waals surface area contributed by atoms with Crippen LogP contribution in [0.5, 0.6) is 0 Å². The average molecular weight is 296 g/mol. The summed E-state index contributed by atoms with van der Waals surface area (Å²) in [5, 5.41) is 0. The molecule has 2 aliphatic heterocycles. The van der Waals surface area contributed by atoms with Gasteiger partial charge in [0.1, 0.15) is 5.76 Å². The molecular weight excluding hydrogens is 272 g/mol. The van der Waals surface area contributed by atoms with Gasteiger partial charge in [-0.2, -0.15) is 0 Å². The van der Waals surface area contributed by atoms with Crippen LogP contribution in [0.15, 0.2) is 47.1 Å². The van der Waals surface area contributed by atoms with E-state index in [4.69, 9.17) is 4.42 Å². The van der Waals surface area contributed by atoms with E-state index in [0.29, 0.717) is 5.41 Å². The van der Waals surface area contributed by atoms with Crippen LogP contribution in [0, 0.1) is 0 Å². The van der Waals surface area contributed by atoms with E-state index in [2.05, 4.69) is 47.2 Å². The number of likely N-dealkylation sites (tertiary alicyclic amines) is 1. The van der Waals surface area contributed by atoms with Crippen molar-refractivity contribution in [1.82, 2.24) is 9.80 Å². The van der Waals surface area contributed by atoms with Gasteiger partial charge in [-0.15, -0.1) is 0 Å². The van der Waals surface area contributed by atoms with Gasteiger partial charge >= 0.3 is 0 Å². The van der Waals surface area contributed by atoms with Crippen molar-refractivity contribution in [3.8, 4) is 0 Å². The predicted molar refractivity (Wildman–Crippen MR) is 87.7 cm³/mol. The van der Waals surface area contributed by atoms with Crippen molar-refractivity contribution in [1.29, 1.82) is 0 Å². The molecule has 0 bridgehead atoms. The van der Waals surface area contributed by atoms with E-state index in [9.17, 15) is 0 Å². The lowest BCUT2D eigenvalue weighted by molar-refractivity contribution is 0.102. The summed E-state index contributed by atoms with van der Waals surface area (Å²) in [6.45, 7) is 5.54. The summed E-state index contributed by atoms with van der Waals surface area (Å²) in [6.07, 6.45) is 4.26. The Balaban J connectivity index is 1.52. The van der Waals surface area contributed by atoms with Crippen LogP contribution in [-0.4, -0.2) is 36.5 Å². The third-order valence-corrected chi connectivity index (χ3v) is 5.37. The molecule has 0 amide bonds. The van der Waals surface area contributed by atoms with Gasteiger partial charge in [0.2, 0.25) is 0 Å². The molecule has 116 valence electrons. The van der Waals surface area contributed by atoms with Crippen LogP contribution >= 0.6 is 0 Å². The molecule has 22 heavy (non-hydrogen) atoms. The van der Waals surface area contributed by atoms with Crippen molar-refractivity contribution in [2.45, 2.75) is 31.3 Å². The number of hydrogen-bond acceptors (Lipinski definition) is 3. The largest absolute Gasteiger partial charge is 0.468 e. The minimum absolute atomic E-state index is 0.350. The molecule has 2 aliphatic rings. The molecule has 1 aromatic carbocycles. The SMILES string of the molecule is CN1Cc2ccccc2C2(CCN(Cc3ccco3)CC2)C1. The molecular formula is C19H24N2O. The smallest absolute Gasteiger partial charge is 0.117 e. The first-order valence-electron chi connectivity index (χ1n) is 8.27. The summed E-state index contributed by atoms with van der Waals surface area (Å²) >= 11 is 0. The minimum Gasteiger partial charge on any atom is -0.468 e. The van der Waals surface area contributed by atoms with Gasteiger partial charge < -0.3 is 9.32 Å². The number of benzene rings is 1. The normalized spacial score (nSPS) is 21.9. The molecule has 3 heterocycles. The Morgan fingerprint density at radius 3 is 2.68 bits per heavy atom. The van der Waals surface area contributed by atoms with Gasteiger partial charge in [-0.05, 0) is 56.2 Å². The fourth-order valence-corrected chi connectivity index (χ4v) is 4.31. The van der Waals surface area contributed by atoms with Crippen LogP contribution in [0.25, 0.3) is 0 Å². The summed E-state index contributed by atoms with van der Waals surface area (Å²) in [7, 11) is 2.26. The highest BCUT2D eigenvalue weighted by Crippen LogP contribution is 2.41. The number of furan rings is 1. The second-order valence-electron chi connectivity index (χ2n) is 6.97. The fraction of sp³-hybridized carbons (Fsp3) is 0.474. The highest BCUT2D eigenvalue weighted by atomic mass is 16.3. The third-order valence-electron chi connectivity index (χ3n) is 5.37. The second kappa shape index (κ2) is 5.56. The summed E-state index contributed by atoms with van der Waals surface area (Å²) in [5.74, 6) is 1.08. The number of likely N-dealkylation sites (N-methyl/N-ethyl adjacent to an activating group) is 1. The first-order chi connectivity index (χ1) is 10.8. The molecule has 3 nitrogen and oxygen atoms in total. The first kappa shape index (κ1) is 14.0. The van der Waals surface area contributed by atoms with Gasteiger partial charge in [-0.25, -0.2) is 0 Å². The van der Waals surface area contributed by atoms with Gasteiger partial charge in [0.25, 0.3) is 0 Å². The predicted octanol–water partition coefficient (Wildman–Crippen LogP) is 3.26. The Morgan fingerprint density at radius 2 is 1.91 bits per heavy atom. The topological polar surface area (TPSA) is 19.6 Å². The molecule has 0 unspecified atom stereocenters. The number of fused-ring (bicyclic) bond motifs is 2. The van der Waals surface area contributed by atoms with Crippen molar-refractivity contribution >= 4 is 0 Å². The molecule has 1 aromatic heterocycles. The maximum atomic E-state index is 5.50. The second-order valence-corrected chi connectivity index (χ2v) is 6.97. The molecule has 0 saturated carbocycles. The quantitative estimate of drug-likeness (QED) is 0.848. The molecule has 4 rings (SSSR count). The Kier molecular flexibility index (Phi) is 3.55. The Morgan fingerprint density at radius 1 is 1.09 bits per heavy atom. The number of piperidine rings is 1. The monoisotopic (exact) mass is 296 g/mol. The minimum atomic E-state index is 0.350. The zero-order valence-electron chi connectivity index (χ0n) is 13.3. The van der Waals surface area contributed by atoms with Gasteiger partial charge in [0.15, 0.2) is 0 Å². The van der Waals surface area contributed by atoms with Crippen LogP contribution in [0.4, 0.5) is 0 Å². The molecule has 3 heteroatoms. The van der Waals surface area contributed by atoms with E-state index in [1.807, 2.05) is 6.07 Å². The van der Waals surface area contributed by atoms with Crippen LogP contribution in [-0.2, 0) is 18.5 Å². The van der Waals surface area contributed by atoms with E-state index in [1.54, 1.807) is 11.8 Å². The Hall–Kier alpha value is -1.58. The lowest BCUT2D eigenvalue weighted by Gasteiger charge is -2.48. The zero-order valence-corrected chi connectivity index (χ0v) is 13.3. The van der Waals surface area contributed by atoms with Crippen LogP contribution in [0.3, 0.4) is 0 Å². The van der Waals surface area contributed by atoms with E-state index >= 15 is 0 Å². The van der Waals surface area contributed by atoms with Gasteiger partial charge in [0.05, 0.1) is 12.8 Å². The maximum Gasteiger partial charge on any atom is 0.117 e. The summed E-state index contributed by atoms with van der Waals surface area (Å²) in [4.78, 5) is 5.02. The van der Waals surface area contributed by atoms with Crippen molar-refractivity contribution in [3.63, 3.8) is 0 Å². The van der Waals surface area contributed by atoms with Gasteiger partial charge in [-0.1, -0.05) is 24.3 Å². The van der Waals surface area contributed by atoms with E-state index in [-0.39, 0.29) is 0 Å². The fourth-order valence-electron chi connectivity index (χ4n) is 4.31. The maximum absolute atomic E-state index is 5.50. The van der Waals surface area contributed by atoms with Crippen molar-refractivity contribution in [2.24, 2.45) is 0 Å². The van der Waals surface area contributed by atoms with E-state index in [1.165, 1.54) is 24.9 Å². The van der Waals surface area contributed by atoms with Crippen LogP contribution in [0.1, 0.15) is 29.7 Å².